The van der Waals surface area contributed by atoms with Gasteiger partial charge in [0.05, 0.1) is 23.5 Å². The van der Waals surface area contributed by atoms with Crippen LogP contribution in [0.3, 0.4) is 0 Å². The van der Waals surface area contributed by atoms with E-state index in [9.17, 15) is 14.4 Å². The highest BCUT2D eigenvalue weighted by molar-refractivity contribution is 8.04. The third kappa shape index (κ3) is 5.40. The molecule has 1 heterocycles. The number of ether oxygens (including phenoxy) is 1. The lowest BCUT2D eigenvalue weighted by Gasteiger charge is -2.16. The highest BCUT2D eigenvalue weighted by atomic mass is 35.5. The van der Waals surface area contributed by atoms with Crippen molar-refractivity contribution >= 4 is 52.7 Å². The normalized spacial score (nSPS) is 18.3. The fourth-order valence-corrected chi connectivity index (χ4v) is 3.85. The van der Waals surface area contributed by atoms with Crippen LogP contribution >= 0.6 is 35.0 Å². The Hall–Kier alpha value is -1.70. The minimum absolute atomic E-state index is 0.159. The highest BCUT2D eigenvalue weighted by Crippen LogP contribution is 2.34. The molecule has 1 N–H and O–H groups in total. The lowest BCUT2D eigenvalue weighted by molar-refractivity contribution is -0.135. The number of esters is 1. The van der Waals surface area contributed by atoms with Crippen LogP contribution in [0.1, 0.15) is 12.5 Å². The van der Waals surface area contributed by atoms with Crippen molar-refractivity contribution in [3.63, 3.8) is 0 Å². The highest BCUT2D eigenvalue weighted by Gasteiger charge is 2.35. The molecule has 1 fully saturated rings. The topological polar surface area (TPSA) is 75.7 Å². The number of carbonyl (C=O) groups excluding carboxylic acids is 3. The summed E-state index contributed by atoms with van der Waals surface area (Å²) in [7, 11) is 1.25. The van der Waals surface area contributed by atoms with Gasteiger partial charge in [0.15, 0.2) is 0 Å². The molecule has 26 heavy (non-hydrogen) atoms. The number of amides is 2. The number of rotatable bonds is 6. The Morgan fingerprint density at radius 1 is 1.38 bits per heavy atom. The Morgan fingerprint density at radius 3 is 2.77 bits per heavy atom. The molecule has 2 amide bonds. The number of carbonyl (C=O) groups is 3. The van der Waals surface area contributed by atoms with E-state index in [-0.39, 0.29) is 23.6 Å². The van der Waals surface area contributed by atoms with Crippen molar-refractivity contribution in [2.24, 2.45) is 0 Å². The number of benzene rings is 1. The van der Waals surface area contributed by atoms with Gasteiger partial charge in [-0.1, -0.05) is 41.0 Å². The lowest BCUT2D eigenvalue weighted by Crippen LogP contribution is -2.39. The van der Waals surface area contributed by atoms with Gasteiger partial charge < -0.3 is 10.1 Å². The van der Waals surface area contributed by atoms with Crippen LogP contribution in [0.5, 0.6) is 0 Å². The van der Waals surface area contributed by atoms with Crippen molar-refractivity contribution in [2.45, 2.75) is 18.6 Å². The summed E-state index contributed by atoms with van der Waals surface area (Å²) in [6.45, 7) is 1.92. The van der Waals surface area contributed by atoms with E-state index < -0.39 is 5.97 Å². The molecule has 0 bridgehead atoms. The summed E-state index contributed by atoms with van der Waals surface area (Å²) < 4.78 is 4.58. The van der Waals surface area contributed by atoms with Crippen molar-refractivity contribution < 1.29 is 19.1 Å². The first-order chi connectivity index (χ1) is 12.3. The second kappa shape index (κ2) is 9.30. The average molecular weight is 417 g/mol. The summed E-state index contributed by atoms with van der Waals surface area (Å²) in [5.74, 6) is -1.12. The van der Waals surface area contributed by atoms with Crippen LogP contribution in [0.25, 0.3) is 0 Å². The van der Waals surface area contributed by atoms with Crippen LogP contribution in [0.2, 0.25) is 10.0 Å². The molecule has 6 nitrogen and oxygen atoms in total. The van der Waals surface area contributed by atoms with E-state index in [2.05, 4.69) is 10.1 Å². The van der Waals surface area contributed by atoms with Gasteiger partial charge >= 0.3 is 5.97 Å². The molecule has 1 aromatic carbocycles. The predicted molar refractivity (Wildman–Crippen MR) is 102 cm³/mol. The number of methoxy groups -OCH3 is 1. The summed E-state index contributed by atoms with van der Waals surface area (Å²) in [6.07, 6.45) is 1.75. The van der Waals surface area contributed by atoms with Crippen LogP contribution in [0.15, 0.2) is 29.3 Å². The minimum atomic E-state index is -0.572. The maximum absolute atomic E-state index is 12.2. The smallest absolute Gasteiger partial charge is 0.333 e. The van der Waals surface area contributed by atoms with E-state index in [1.54, 1.807) is 25.1 Å². The maximum Gasteiger partial charge on any atom is 0.333 e. The molecular formula is C17H18Cl2N2O4S. The van der Waals surface area contributed by atoms with Crippen LogP contribution in [0.4, 0.5) is 0 Å². The van der Waals surface area contributed by atoms with Crippen LogP contribution in [-0.4, -0.2) is 48.1 Å². The van der Waals surface area contributed by atoms with Gasteiger partial charge in [-0.15, -0.1) is 0 Å². The Balaban J connectivity index is 1.92. The molecule has 140 valence electrons. The lowest BCUT2D eigenvalue weighted by atomic mass is 10.1. The average Bonchev–Trinajstić information content (AvgIpc) is 2.84. The summed E-state index contributed by atoms with van der Waals surface area (Å²) in [5.41, 5.74) is 0.865. The summed E-state index contributed by atoms with van der Waals surface area (Å²) in [6, 6.07) is 5.18. The molecule has 0 spiro atoms. The third-order valence-corrected chi connectivity index (χ3v) is 5.38. The number of hydrogen-bond acceptors (Lipinski definition) is 5. The van der Waals surface area contributed by atoms with Crippen LogP contribution < -0.4 is 5.32 Å². The quantitative estimate of drug-likeness (QED) is 0.569. The van der Waals surface area contributed by atoms with Gasteiger partial charge in [0, 0.05) is 16.6 Å². The molecule has 0 radical (unpaired) electrons. The Kier molecular flexibility index (Phi) is 7.37. The van der Waals surface area contributed by atoms with Crippen molar-refractivity contribution in [1.29, 1.82) is 0 Å². The standard InChI is InChI=1S/C17H18Cl2N2O4S/c1-10-17(24)21(15(26-10)8-16(23)25-2)9-14(22)20-6-5-11-3-4-12(18)7-13(11)19/h3-4,7-8,10H,5-6,9H2,1-2H3,(H,20,22)/b15-8-. The Morgan fingerprint density at radius 2 is 2.12 bits per heavy atom. The van der Waals surface area contributed by atoms with E-state index in [1.807, 2.05) is 0 Å². The maximum atomic E-state index is 12.2. The predicted octanol–water partition coefficient (Wildman–Crippen LogP) is 2.63. The monoisotopic (exact) mass is 416 g/mol. The molecule has 9 heteroatoms. The van der Waals surface area contributed by atoms with E-state index in [1.165, 1.54) is 29.8 Å². The van der Waals surface area contributed by atoms with Crippen molar-refractivity contribution in [2.75, 3.05) is 20.2 Å². The number of thioether (sulfide) groups is 1. The van der Waals surface area contributed by atoms with E-state index in [4.69, 9.17) is 23.2 Å². The van der Waals surface area contributed by atoms with Crippen molar-refractivity contribution in [3.8, 4) is 0 Å². The first kappa shape index (κ1) is 20.6. The molecule has 0 aromatic heterocycles. The fourth-order valence-electron chi connectivity index (χ4n) is 2.31. The Bertz CT molecular complexity index is 754. The van der Waals surface area contributed by atoms with Gasteiger partial charge in [0.2, 0.25) is 11.8 Å². The van der Waals surface area contributed by atoms with Gasteiger partial charge in [-0.2, -0.15) is 0 Å². The van der Waals surface area contributed by atoms with E-state index in [0.717, 1.165) is 5.56 Å². The molecule has 1 saturated heterocycles. The minimum Gasteiger partial charge on any atom is -0.466 e. The molecule has 1 unspecified atom stereocenters. The SMILES string of the molecule is COC(=O)/C=C1\SC(C)C(=O)N1CC(=O)NCCc1ccc(Cl)cc1Cl. The molecule has 0 saturated carbocycles. The summed E-state index contributed by atoms with van der Waals surface area (Å²) in [5, 5.41) is 3.88. The second-order valence-electron chi connectivity index (χ2n) is 5.53. The van der Waals surface area contributed by atoms with Crippen LogP contribution in [-0.2, 0) is 25.5 Å². The fraction of sp³-hybridized carbons (Fsp3) is 0.353. The first-order valence-corrected chi connectivity index (χ1v) is 9.43. The van der Waals surface area contributed by atoms with Gasteiger partial charge in [0.1, 0.15) is 6.54 Å². The zero-order chi connectivity index (χ0) is 19.3. The summed E-state index contributed by atoms with van der Waals surface area (Å²) in [4.78, 5) is 37.1. The van der Waals surface area contributed by atoms with Crippen molar-refractivity contribution in [3.05, 3.63) is 44.9 Å². The van der Waals surface area contributed by atoms with Gasteiger partial charge in [-0.05, 0) is 31.0 Å². The largest absolute Gasteiger partial charge is 0.466 e. The Labute approximate surface area is 165 Å². The molecule has 2 rings (SSSR count). The molecule has 1 aliphatic heterocycles. The zero-order valence-corrected chi connectivity index (χ0v) is 16.6. The zero-order valence-electron chi connectivity index (χ0n) is 14.3. The number of nitrogens with zero attached hydrogens (tertiary/aromatic N) is 1. The van der Waals surface area contributed by atoms with Crippen LogP contribution in [0, 0.1) is 0 Å². The second-order valence-corrected chi connectivity index (χ2v) is 7.73. The molecule has 1 aliphatic rings. The van der Waals surface area contributed by atoms with Gasteiger partial charge in [-0.3, -0.25) is 14.5 Å². The van der Waals surface area contributed by atoms with E-state index in [0.29, 0.717) is 28.0 Å². The molecular weight excluding hydrogens is 399 g/mol. The molecule has 0 aliphatic carbocycles. The molecule has 1 atom stereocenters. The molecule has 1 aromatic rings. The third-order valence-electron chi connectivity index (χ3n) is 3.65. The number of halogens is 2. The van der Waals surface area contributed by atoms with E-state index >= 15 is 0 Å². The number of nitrogens with one attached hydrogen (secondary N) is 1. The summed E-state index contributed by atoms with van der Waals surface area (Å²) >= 11 is 13.2. The van der Waals surface area contributed by atoms with Gasteiger partial charge in [-0.25, -0.2) is 4.79 Å². The first-order valence-electron chi connectivity index (χ1n) is 7.80. The van der Waals surface area contributed by atoms with Crippen molar-refractivity contribution in [1.82, 2.24) is 10.2 Å². The van der Waals surface area contributed by atoms with Gasteiger partial charge in [0.25, 0.3) is 0 Å². The number of hydrogen-bond donors (Lipinski definition) is 1.